The molecule has 0 bridgehead atoms. The average molecular weight is 228 g/mol. The summed E-state index contributed by atoms with van der Waals surface area (Å²) < 4.78 is 36.1. The zero-order valence-electron chi connectivity index (χ0n) is 6.59. The van der Waals surface area contributed by atoms with Crippen LogP contribution >= 0.6 is 11.6 Å². The van der Waals surface area contributed by atoms with E-state index in [-0.39, 0.29) is 5.02 Å². The fourth-order valence-electron chi connectivity index (χ4n) is 0.727. The van der Waals surface area contributed by atoms with Crippen LogP contribution in [-0.2, 0) is 5.79 Å². The lowest BCUT2D eigenvalue weighted by atomic mass is 10.1. The standard InChI is InChI=1S/C7H5ClF3NO2/c8-4-1-2-5(12-3-4)6(13,14)7(9,10)11/h1-3,13-14H. The second-order valence-corrected chi connectivity index (χ2v) is 2.97. The smallest absolute Gasteiger partial charge is 0.354 e. The summed E-state index contributed by atoms with van der Waals surface area (Å²) in [5, 5.41) is 17.6. The summed E-state index contributed by atoms with van der Waals surface area (Å²) in [5.74, 6) is -3.95. The van der Waals surface area contributed by atoms with E-state index in [1.807, 2.05) is 0 Å². The molecule has 0 aliphatic heterocycles. The van der Waals surface area contributed by atoms with Gasteiger partial charge >= 0.3 is 12.0 Å². The van der Waals surface area contributed by atoms with E-state index >= 15 is 0 Å². The first-order valence-corrected chi connectivity index (χ1v) is 3.76. The quantitative estimate of drug-likeness (QED) is 0.714. The molecule has 14 heavy (non-hydrogen) atoms. The normalized spacial score (nSPS) is 13.0. The van der Waals surface area contributed by atoms with Crippen LogP contribution in [0.5, 0.6) is 0 Å². The van der Waals surface area contributed by atoms with Crippen molar-refractivity contribution >= 4 is 11.6 Å². The summed E-state index contributed by atoms with van der Waals surface area (Å²) in [6.45, 7) is 0. The molecule has 1 aromatic heterocycles. The third-order valence-corrected chi connectivity index (χ3v) is 1.70. The van der Waals surface area contributed by atoms with Gasteiger partial charge in [-0.1, -0.05) is 11.6 Å². The lowest BCUT2D eigenvalue weighted by molar-refractivity contribution is -0.359. The highest BCUT2D eigenvalue weighted by atomic mass is 35.5. The molecule has 0 spiro atoms. The largest absolute Gasteiger partial charge is 0.449 e. The maximum Gasteiger partial charge on any atom is 0.449 e. The lowest BCUT2D eigenvalue weighted by Gasteiger charge is -2.23. The molecule has 2 N–H and O–H groups in total. The zero-order valence-corrected chi connectivity index (χ0v) is 7.34. The minimum atomic E-state index is -5.20. The van der Waals surface area contributed by atoms with Crippen molar-refractivity contribution in [3.05, 3.63) is 29.0 Å². The van der Waals surface area contributed by atoms with Crippen LogP contribution in [0.2, 0.25) is 5.02 Å². The summed E-state index contributed by atoms with van der Waals surface area (Å²) in [6, 6.07) is 1.87. The second kappa shape index (κ2) is 3.38. The molecule has 0 aliphatic carbocycles. The Kier molecular flexibility index (Phi) is 2.71. The Balaban J connectivity index is 3.10. The second-order valence-electron chi connectivity index (χ2n) is 2.53. The van der Waals surface area contributed by atoms with Gasteiger partial charge in [-0.05, 0) is 12.1 Å². The van der Waals surface area contributed by atoms with Crippen molar-refractivity contribution in [3.63, 3.8) is 0 Å². The van der Waals surface area contributed by atoms with E-state index < -0.39 is 17.7 Å². The van der Waals surface area contributed by atoms with Crippen LogP contribution in [0.15, 0.2) is 18.3 Å². The van der Waals surface area contributed by atoms with Gasteiger partial charge in [-0.3, -0.25) is 4.98 Å². The van der Waals surface area contributed by atoms with Crippen LogP contribution in [0.4, 0.5) is 13.2 Å². The van der Waals surface area contributed by atoms with E-state index in [4.69, 9.17) is 21.8 Å². The number of aliphatic hydroxyl groups is 2. The third-order valence-electron chi connectivity index (χ3n) is 1.48. The number of hydrogen-bond acceptors (Lipinski definition) is 3. The molecule has 3 nitrogen and oxygen atoms in total. The maximum atomic E-state index is 12.0. The minimum absolute atomic E-state index is 0.103. The van der Waals surface area contributed by atoms with E-state index in [1.54, 1.807) is 0 Å². The molecule has 0 aromatic carbocycles. The number of halogens is 4. The Hall–Kier alpha value is -0.850. The van der Waals surface area contributed by atoms with Gasteiger partial charge in [-0.15, -0.1) is 0 Å². The van der Waals surface area contributed by atoms with Gasteiger partial charge in [0, 0.05) is 6.20 Å². The number of aromatic nitrogens is 1. The van der Waals surface area contributed by atoms with Crippen molar-refractivity contribution in [3.8, 4) is 0 Å². The van der Waals surface area contributed by atoms with Crippen LogP contribution in [-0.4, -0.2) is 21.4 Å². The molecule has 0 amide bonds. The molecule has 1 rings (SSSR count). The first kappa shape index (κ1) is 11.2. The van der Waals surface area contributed by atoms with E-state index in [9.17, 15) is 13.2 Å². The number of pyridine rings is 1. The number of rotatable bonds is 1. The average Bonchev–Trinajstić information content (AvgIpc) is 2.03. The topological polar surface area (TPSA) is 53.4 Å². The Morgan fingerprint density at radius 3 is 2.14 bits per heavy atom. The summed E-state index contributed by atoms with van der Waals surface area (Å²) >= 11 is 5.37. The Labute approximate surface area is 81.8 Å². The molecule has 78 valence electrons. The SMILES string of the molecule is OC(O)(c1ccc(Cl)cn1)C(F)(F)F. The molecule has 0 saturated carbocycles. The van der Waals surface area contributed by atoms with Crippen molar-refractivity contribution in [1.29, 1.82) is 0 Å². The molecule has 7 heteroatoms. The first-order valence-electron chi connectivity index (χ1n) is 3.38. The monoisotopic (exact) mass is 227 g/mol. The highest BCUT2D eigenvalue weighted by Gasteiger charge is 2.55. The summed E-state index contributed by atoms with van der Waals surface area (Å²) in [6.07, 6.45) is -4.31. The fraction of sp³-hybridized carbons (Fsp3) is 0.286. The van der Waals surface area contributed by atoms with Crippen molar-refractivity contribution < 1.29 is 23.4 Å². The van der Waals surface area contributed by atoms with Crippen molar-refractivity contribution in [2.75, 3.05) is 0 Å². The summed E-state index contributed by atoms with van der Waals surface area (Å²) in [7, 11) is 0. The van der Waals surface area contributed by atoms with Crippen molar-refractivity contribution in [2.45, 2.75) is 12.0 Å². The molecular weight excluding hydrogens is 223 g/mol. The third kappa shape index (κ3) is 1.97. The van der Waals surface area contributed by atoms with Gasteiger partial charge in [-0.25, -0.2) is 0 Å². The van der Waals surface area contributed by atoms with E-state index in [0.717, 1.165) is 18.3 Å². The van der Waals surface area contributed by atoms with Gasteiger partial charge in [0.05, 0.1) is 5.02 Å². The summed E-state index contributed by atoms with van der Waals surface area (Å²) in [5.41, 5.74) is -0.922. The molecular formula is C7H5ClF3NO2. The van der Waals surface area contributed by atoms with Gasteiger partial charge in [0.1, 0.15) is 5.69 Å². The predicted octanol–water partition coefficient (Wildman–Crippen LogP) is 1.43. The minimum Gasteiger partial charge on any atom is -0.354 e. The Morgan fingerprint density at radius 1 is 1.21 bits per heavy atom. The van der Waals surface area contributed by atoms with Gasteiger partial charge in [0.25, 0.3) is 0 Å². The molecule has 0 aliphatic rings. The van der Waals surface area contributed by atoms with Crippen LogP contribution in [0.1, 0.15) is 5.69 Å². The van der Waals surface area contributed by atoms with Crippen LogP contribution < -0.4 is 0 Å². The molecule has 0 atom stereocenters. The maximum absolute atomic E-state index is 12.0. The van der Waals surface area contributed by atoms with E-state index in [1.165, 1.54) is 0 Å². The van der Waals surface area contributed by atoms with Crippen LogP contribution in [0.3, 0.4) is 0 Å². The van der Waals surface area contributed by atoms with Gasteiger partial charge in [-0.2, -0.15) is 13.2 Å². The molecule has 1 aromatic rings. The van der Waals surface area contributed by atoms with Gasteiger partial charge < -0.3 is 10.2 Å². The molecule has 0 unspecified atom stereocenters. The van der Waals surface area contributed by atoms with Crippen molar-refractivity contribution in [1.82, 2.24) is 4.98 Å². The van der Waals surface area contributed by atoms with Gasteiger partial charge in [0.2, 0.25) is 0 Å². The Morgan fingerprint density at radius 2 is 1.79 bits per heavy atom. The van der Waals surface area contributed by atoms with Crippen LogP contribution in [0, 0.1) is 0 Å². The number of alkyl halides is 3. The van der Waals surface area contributed by atoms with Crippen LogP contribution in [0.25, 0.3) is 0 Å². The van der Waals surface area contributed by atoms with Crippen molar-refractivity contribution in [2.24, 2.45) is 0 Å². The van der Waals surface area contributed by atoms with E-state index in [2.05, 4.69) is 4.98 Å². The van der Waals surface area contributed by atoms with E-state index in [0.29, 0.717) is 0 Å². The van der Waals surface area contributed by atoms with Gasteiger partial charge in [0.15, 0.2) is 0 Å². The molecule has 0 saturated heterocycles. The first-order chi connectivity index (χ1) is 6.25. The Bertz CT molecular complexity index is 323. The zero-order chi connectivity index (χ0) is 11.0. The highest BCUT2D eigenvalue weighted by Crippen LogP contribution is 2.35. The number of hydrogen-bond donors (Lipinski definition) is 2. The highest BCUT2D eigenvalue weighted by molar-refractivity contribution is 6.30. The molecule has 1 heterocycles. The lowest BCUT2D eigenvalue weighted by Crippen LogP contribution is -2.42. The molecule has 0 fully saturated rings. The number of nitrogens with zero attached hydrogens (tertiary/aromatic N) is 1. The predicted molar refractivity (Wildman–Crippen MR) is 41.4 cm³/mol. The summed E-state index contributed by atoms with van der Waals surface area (Å²) in [4.78, 5) is 3.16. The fourth-order valence-corrected chi connectivity index (χ4v) is 0.839. The molecule has 0 radical (unpaired) electrons.